The molecule has 0 radical (unpaired) electrons. The van der Waals surface area contributed by atoms with E-state index in [2.05, 4.69) is 43.0 Å². The minimum atomic E-state index is 0.823. The topological polar surface area (TPSA) is 38.5 Å². The second-order valence-electron chi connectivity index (χ2n) is 5.57. The Hall–Kier alpha value is -2.16. The minimum Gasteiger partial charge on any atom is -0.457 e. The van der Waals surface area contributed by atoms with Gasteiger partial charge in [-0.15, -0.1) is 0 Å². The van der Waals surface area contributed by atoms with Crippen LogP contribution in [0.5, 0.6) is 11.5 Å². The number of nitrogen functional groups attached to an aromatic ring is 1. The molecule has 21 heavy (non-hydrogen) atoms. The zero-order valence-corrected chi connectivity index (χ0v) is 12.9. The number of nitrogens with two attached hydrogens (primary N) is 1. The number of hydrogen-bond acceptors (Lipinski definition) is 3. The van der Waals surface area contributed by atoms with Crippen LogP contribution in [0.3, 0.4) is 0 Å². The highest BCUT2D eigenvalue weighted by atomic mass is 16.5. The largest absolute Gasteiger partial charge is 0.457 e. The Morgan fingerprint density at radius 3 is 2.57 bits per heavy atom. The molecule has 0 aromatic heterocycles. The second kappa shape index (κ2) is 5.32. The van der Waals surface area contributed by atoms with Crippen molar-refractivity contribution >= 4 is 11.4 Å². The molecule has 3 nitrogen and oxygen atoms in total. The molecule has 0 unspecified atom stereocenters. The molecule has 0 bridgehead atoms. The Morgan fingerprint density at radius 1 is 1.10 bits per heavy atom. The molecule has 0 amide bonds. The van der Waals surface area contributed by atoms with Gasteiger partial charge in [-0.2, -0.15) is 0 Å². The molecule has 3 rings (SSSR count). The van der Waals surface area contributed by atoms with Crippen LogP contribution in [0.4, 0.5) is 11.4 Å². The monoisotopic (exact) mass is 282 g/mol. The predicted octanol–water partition coefficient (Wildman–Crippen LogP) is 4.12. The van der Waals surface area contributed by atoms with Gasteiger partial charge in [0.25, 0.3) is 0 Å². The van der Waals surface area contributed by atoms with Crippen LogP contribution in [0.2, 0.25) is 0 Å². The molecule has 0 saturated heterocycles. The van der Waals surface area contributed by atoms with Gasteiger partial charge in [-0.3, -0.25) is 0 Å². The van der Waals surface area contributed by atoms with Crippen LogP contribution < -0.4 is 15.4 Å². The fourth-order valence-corrected chi connectivity index (χ4v) is 2.97. The fraction of sp³-hybridized carbons (Fsp3) is 0.333. The Labute approximate surface area is 126 Å². The van der Waals surface area contributed by atoms with Gasteiger partial charge in [0.05, 0.1) is 0 Å². The third-order valence-electron chi connectivity index (χ3n) is 4.15. The van der Waals surface area contributed by atoms with Crippen LogP contribution >= 0.6 is 0 Å². The third-order valence-corrected chi connectivity index (χ3v) is 4.15. The van der Waals surface area contributed by atoms with E-state index < -0.39 is 0 Å². The number of anilines is 2. The highest BCUT2D eigenvalue weighted by molar-refractivity contribution is 5.64. The van der Waals surface area contributed by atoms with Crippen molar-refractivity contribution in [1.29, 1.82) is 0 Å². The Morgan fingerprint density at radius 2 is 1.86 bits per heavy atom. The molecule has 2 N–H and O–H groups in total. The normalized spacial score (nSPS) is 12.3. The molecule has 0 aliphatic carbocycles. The summed E-state index contributed by atoms with van der Waals surface area (Å²) < 4.78 is 6.11. The van der Waals surface area contributed by atoms with Crippen molar-refractivity contribution in [2.75, 3.05) is 23.7 Å². The summed E-state index contributed by atoms with van der Waals surface area (Å²) >= 11 is 0. The van der Waals surface area contributed by atoms with Gasteiger partial charge in [-0.05, 0) is 50.1 Å². The van der Waals surface area contributed by atoms with Gasteiger partial charge in [0.2, 0.25) is 0 Å². The molecule has 0 atom stereocenters. The molecule has 0 fully saturated rings. The van der Waals surface area contributed by atoms with E-state index in [1.54, 1.807) is 0 Å². The molecule has 2 aromatic rings. The van der Waals surface area contributed by atoms with E-state index in [1.165, 1.54) is 11.3 Å². The lowest BCUT2D eigenvalue weighted by atomic mass is 9.97. The first-order valence-electron chi connectivity index (χ1n) is 7.57. The maximum atomic E-state index is 6.13. The number of rotatable bonds is 3. The molecule has 0 spiro atoms. The average Bonchev–Trinajstić information content (AvgIpc) is 2.46. The first kappa shape index (κ1) is 13.8. The molecule has 1 heterocycles. The van der Waals surface area contributed by atoms with Gasteiger partial charge in [-0.25, -0.2) is 0 Å². The number of fused-ring (bicyclic) bond motifs is 2. The van der Waals surface area contributed by atoms with Crippen molar-refractivity contribution in [3.05, 3.63) is 47.0 Å². The zero-order valence-electron chi connectivity index (χ0n) is 12.9. The van der Waals surface area contributed by atoms with Gasteiger partial charge in [0.1, 0.15) is 11.5 Å². The lowest BCUT2D eigenvalue weighted by Gasteiger charge is -2.26. The summed E-state index contributed by atoms with van der Waals surface area (Å²) in [5.74, 6) is 1.86. The molecule has 110 valence electrons. The summed E-state index contributed by atoms with van der Waals surface area (Å²) in [4.78, 5) is 2.32. The Kier molecular flexibility index (Phi) is 3.50. The minimum absolute atomic E-state index is 0.823. The third kappa shape index (κ3) is 2.44. The molecule has 3 heteroatoms. The van der Waals surface area contributed by atoms with Gasteiger partial charge >= 0.3 is 0 Å². The number of benzene rings is 2. The van der Waals surface area contributed by atoms with Crippen molar-refractivity contribution in [1.82, 2.24) is 0 Å². The van der Waals surface area contributed by atoms with Crippen molar-refractivity contribution in [3.8, 4) is 11.5 Å². The van der Waals surface area contributed by atoms with Gasteiger partial charge in [0.15, 0.2) is 0 Å². The van der Waals surface area contributed by atoms with Gasteiger partial charge in [0, 0.05) is 42.5 Å². The lowest BCUT2D eigenvalue weighted by molar-refractivity contribution is 0.460. The SMILES string of the molecule is CCN(CC)c1ccc2c(c1)Oc1cc(C)cc(N)c1C2. The number of aryl methyl sites for hydroxylation is 1. The van der Waals surface area contributed by atoms with E-state index >= 15 is 0 Å². The number of nitrogens with zero attached hydrogens (tertiary/aromatic N) is 1. The Bertz CT molecular complexity index is 675. The summed E-state index contributed by atoms with van der Waals surface area (Å²) in [5.41, 5.74) is 11.6. The molecule has 1 aliphatic heterocycles. The van der Waals surface area contributed by atoms with Crippen LogP contribution in [0.1, 0.15) is 30.5 Å². The van der Waals surface area contributed by atoms with E-state index in [9.17, 15) is 0 Å². The summed E-state index contributed by atoms with van der Waals surface area (Å²) in [6, 6.07) is 10.6. The summed E-state index contributed by atoms with van der Waals surface area (Å²) in [6.07, 6.45) is 0.843. The maximum absolute atomic E-state index is 6.13. The molecule has 0 saturated carbocycles. The number of hydrogen-bond donors (Lipinski definition) is 1. The average molecular weight is 282 g/mol. The summed E-state index contributed by atoms with van der Waals surface area (Å²) in [7, 11) is 0. The standard InChI is InChI=1S/C18H22N2O/c1-4-20(5-2)14-7-6-13-10-15-16(19)8-12(3)9-18(15)21-17(13)11-14/h6-9,11H,4-5,10,19H2,1-3H3. The maximum Gasteiger partial charge on any atom is 0.133 e. The van der Waals surface area contributed by atoms with Crippen molar-refractivity contribution in [2.45, 2.75) is 27.2 Å². The fourth-order valence-electron chi connectivity index (χ4n) is 2.97. The van der Waals surface area contributed by atoms with E-state index in [1.807, 2.05) is 13.0 Å². The van der Waals surface area contributed by atoms with Crippen LogP contribution in [-0.4, -0.2) is 13.1 Å². The van der Waals surface area contributed by atoms with Crippen molar-refractivity contribution in [2.24, 2.45) is 0 Å². The number of ether oxygens (including phenoxy) is 1. The van der Waals surface area contributed by atoms with E-state index in [-0.39, 0.29) is 0 Å². The summed E-state index contributed by atoms with van der Waals surface area (Å²) in [5, 5.41) is 0. The van der Waals surface area contributed by atoms with Gasteiger partial charge in [-0.1, -0.05) is 6.07 Å². The van der Waals surface area contributed by atoms with Crippen LogP contribution in [0.15, 0.2) is 30.3 Å². The summed E-state index contributed by atoms with van der Waals surface area (Å²) in [6.45, 7) is 8.38. The quantitative estimate of drug-likeness (QED) is 0.734. The van der Waals surface area contributed by atoms with Crippen LogP contribution in [0.25, 0.3) is 0 Å². The van der Waals surface area contributed by atoms with Crippen LogP contribution in [-0.2, 0) is 6.42 Å². The first-order valence-corrected chi connectivity index (χ1v) is 7.57. The Balaban J connectivity index is 2.00. The van der Waals surface area contributed by atoms with Crippen LogP contribution in [0, 0.1) is 6.92 Å². The lowest BCUT2D eigenvalue weighted by Crippen LogP contribution is -2.22. The van der Waals surface area contributed by atoms with E-state index in [0.717, 1.165) is 47.8 Å². The molecular weight excluding hydrogens is 260 g/mol. The molecular formula is C18H22N2O. The van der Waals surface area contributed by atoms with Crippen molar-refractivity contribution < 1.29 is 4.74 Å². The van der Waals surface area contributed by atoms with E-state index in [4.69, 9.17) is 10.5 Å². The van der Waals surface area contributed by atoms with Gasteiger partial charge < -0.3 is 15.4 Å². The zero-order chi connectivity index (χ0) is 15.0. The van der Waals surface area contributed by atoms with E-state index in [0.29, 0.717) is 0 Å². The highest BCUT2D eigenvalue weighted by Gasteiger charge is 2.20. The van der Waals surface area contributed by atoms with Crippen molar-refractivity contribution in [3.63, 3.8) is 0 Å². The smallest absolute Gasteiger partial charge is 0.133 e. The second-order valence-corrected chi connectivity index (χ2v) is 5.57. The predicted molar refractivity (Wildman–Crippen MR) is 88.5 cm³/mol. The highest BCUT2D eigenvalue weighted by Crippen LogP contribution is 2.41. The molecule has 2 aromatic carbocycles. The first-order chi connectivity index (χ1) is 10.1. The molecule has 1 aliphatic rings.